The molecule has 0 radical (unpaired) electrons. The number of carboxylic acids is 1. The lowest BCUT2D eigenvalue weighted by molar-refractivity contribution is -0.691. The van der Waals surface area contributed by atoms with E-state index in [9.17, 15) is 9.90 Å². The van der Waals surface area contributed by atoms with Gasteiger partial charge in [-0.1, -0.05) is 0 Å². The summed E-state index contributed by atoms with van der Waals surface area (Å²) in [6.07, 6.45) is 2.85. The summed E-state index contributed by atoms with van der Waals surface area (Å²) < 4.78 is 1.32. The standard InChI is InChI=1S/C7H7NO3/c9-6-2-1-3-8(4-6)5-7(10)11/h1-4H,5H2,(H-,9,10,11). The topological polar surface area (TPSA) is 64.2 Å². The largest absolute Gasteiger partial charge is 0.544 e. The summed E-state index contributed by atoms with van der Waals surface area (Å²) in [6, 6.07) is 3.02. The fourth-order valence-corrected chi connectivity index (χ4v) is 0.756. The maximum absolute atomic E-state index is 10.1. The van der Waals surface area contributed by atoms with Gasteiger partial charge in [-0.3, -0.25) is 0 Å². The number of carbonyl (C=O) groups is 1. The van der Waals surface area contributed by atoms with Crippen molar-refractivity contribution in [1.82, 2.24) is 0 Å². The molecule has 0 fully saturated rings. The smallest absolute Gasteiger partial charge is 0.211 e. The van der Waals surface area contributed by atoms with Crippen LogP contribution < -0.4 is 9.67 Å². The molecule has 0 aliphatic rings. The van der Waals surface area contributed by atoms with Crippen LogP contribution in [0.1, 0.15) is 0 Å². The predicted molar refractivity (Wildman–Crippen MR) is 33.3 cm³/mol. The van der Waals surface area contributed by atoms with Gasteiger partial charge in [-0.15, -0.1) is 0 Å². The number of rotatable bonds is 2. The van der Waals surface area contributed by atoms with Crippen LogP contribution in [0, 0.1) is 0 Å². The normalized spacial score (nSPS) is 9.45. The second-order valence-corrected chi connectivity index (χ2v) is 2.11. The van der Waals surface area contributed by atoms with Gasteiger partial charge in [-0.2, -0.15) is 4.57 Å². The summed E-state index contributed by atoms with van der Waals surface area (Å²) in [4.78, 5) is 10.1. The molecule has 0 spiro atoms. The second-order valence-electron chi connectivity index (χ2n) is 2.11. The van der Waals surface area contributed by atoms with Crippen LogP contribution in [0.5, 0.6) is 5.75 Å². The Hall–Kier alpha value is -1.58. The van der Waals surface area contributed by atoms with E-state index >= 15 is 0 Å². The van der Waals surface area contributed by atoms with Crippen LogP contribution in [-0.4, -0.2) is 11.1 Å². The molecular formula is C7H7NO3. The molecule has 0 unspecified atom stereocenters. The van der Waals surface area contributed by atoms with Gasteiger partial charge in [0.2, 0.25) is 6.20 Å². The molecule has 1 rings (SSSR count). The molecule has 0 saturated carbocycles. The summed E-state index contributed by atoms with van der Waals surface area (Å²) in [5.74, 6) is -1.14. The van der Waals surface area contributed by atoms with Crippen LogP contribution in [0.15, 0.2) is 24.5 Å². The first kappa shape index (κ1) is 7.53. The first-order valence-corrected chi connectivity index (χ1v) is 3.06. The van der Waals surface area contributed by atoms with E-state index in [4.69, 9.17) is 5.11 Å². The molecule has 0 amide bonds. The molecule has 1 aromatic rings. The maximum Gasteiger partial charge on any atom is 0.211 e. The summed E-state index contributed by atoms with van der Waals surface area (Å²) in [7, 11) is 0. The van der Waals surface area contributed by atoms with Crippen molar-refractivity contribution in [2.24, 2.45) is 0 Å². The molecule has 58 valence electrons. The number of hydrogen-bond acceptors (Lipinski definition) is 3. The number of aliphatic carboxylic acids is 1. The Bertz CT molecular complexity index is 272. The van der Waals surface area contributed by atoms with Crippen molar-refractivity contribution in [2.45, 2.75) is 6.54 Å². The van der Waals surface area contributed by atoms with Crippen molar-refractivity contribution in [2.75, 3.05) is 0 Å². The van der Waals surface area contributed by atoms with E-state index in [-0.39, 0.29) is 12.3 Å². The Morgan fingerprint density at radius 1 is 1.73 bits per heavy atom. The van der Waals surface area contributed by atoms with Gasteiger partial charge in [0.15, 0.2) is 18.5 Å². The van der Waals surface area contributed by atoms with Crippen LogP contribution >= 0.6 is 0 Å². The van der Waals surface area contributed by atoms with E-state index in [0.29, 0.717) is 0 Å². The monoisotopic (exact) mass is 153 g/mol. The van der Waals surface area contributed by atoms with Crippen LogP contribution in [0.4, 0.5) is 0 Å². The average molecular weight is 153 g/mol. The molecule has 0 atom stereocenters. The van der Waals surface area contributed by atoms with Gasteiger partial charge in [-0.25, -0.2) is 0 Å². The second kappa shape index (κ2) is 3.01. The number of aromatic hydroxyl groups is 1. The van der Waals surface area contributed by atoms with Gasteiger partial charge in [0.05, 0.1) is 0 Å². The fourth-order valence-electron chi connectivity index (χ4n) is 0.756. The molecule has 1 heterocycles. The van der Waals surface area contributed by atoms with E-state index < -0.39 is 5.97 Å². The third-order valence-corrected chi connectivity index (χ3v) is 1.15. The minimum atomic E-state index is -1.18. The van der Waals surface area contributed by atoms with Crippen molar-refractivity contribution < 1.29 is 19.6 Å². The minimum absolute atomic E-state index is 0.0359. The Morgan fingerprint density at radius 3 is 3.00 bits per heavy atom. The number of aromatic nitrogens is 1. The van der Waals surface area contributed by atoms with Crippen LogP contribution in [0.3, 0.4) is 0 Å². The molecule has 11 heavy (non-hydrogen) atoms. The van der Waals surface area contributed by atoms with Crippen molar-refractivity contribution in [3.05, 3.63) is 24.5 Å². The number of carboxylic acid groups (broad SMARTS) is 1. The molecule has 0 aliphatic carbocycles. The number of nitrogens with zero attached hydrogens (tertiary/aromatic N) is 1. The summed E-state index contributed by atoms with van der Waals surface area (Å²) in [6.45, 7) is -0.242. The first-order chi connectivity index (χ1) is 5.18. The van der Waals surface area contributed by atoms with Crippen molar-refractivity contribution >= 4 is 5.97 Å². The highest BCUT2D eigenvalue weighted by Crippen LogP contribution is 1.99. The number of hydrogen-bond donors (Lipinski definition) is 1. The first-order valence-electron chi connectivity index (χ1n) is 3.06. The van der Waals surface area contributed by atoms with E-state index in [0.717, 1.165) is 0 Å². The highest BCUT2D eigenvalue weighted by molar-refractivity contribution is 5.62. The Balaban J connectivity index is 2.79. The summed E-state index contributed by atoms with van der Waals surface area (Å²) >= 11 is 0. The quantitative estimate of drug-likeness (QED) is 0.522. The summed E-state index contributed by atoms with van der Waals surface area (Å²) in [5, 5.41) is 19.0. The molecule has 1 aromatic heterocycles. The van der Waals surface area contributed by atoms with Crippen LogP contribution in [0.25, 0.3) is 0 Å². The highest BCUT2D eigenvalue weighted by Gasteiger charge is 1.99. The zero-order valence-electron chi connectivity index (χ0n) is 5.73. The SMILES string of the molecule is O=C([O-])C[n+]1cccc(O)c1. The van der Waals surface area contributed by atoms with Crippen molar-refractivity contribution in [3.63, 3.8) is 0 Å². The van der Waals surface area contributed by atoms with Crippen LogP contribution in [-0.2, 0) is 11.3 Å². The average Bonchev–Trinajstić information content (AvgIpc) is 1.85. The molecule has 0 saturated heterocycles. The number of carbonyl (C=O) groups excluding carboxylic acids is 1. The Labute approximate surface area is 63.3 Å². The minimum Gasteiger partial charge on any atom is -0.544 e. The predicted octanol–water partition coefficient (Wildman–Crippen LogP) is -1.57. The van der Waals surface area contributed by atoms with Crippen molar-refractivity contribution in [3.8, 4) is 5.75 Å². The molecular weight excluding hydrogens is 146 g/mol. The van der Waals surface area contributed by atoms with E-state index in [1.54, 1.807) is 6.07 Å². The van der Waals surface area contributed by atoms with Crippen LogP contribution in [0.2, 0.25) is 0 Å². The van der Waals surface area contributed by atoms with Gasteiger partial charge in [0.25, 0.3) is 0 Å². The summed E-state index contributed by atoms with van der Waals surface area (Å²) in [5.41, 5.74) is 0. The lowest BCUT2D eigenvalue weighted by Gasteiger charge is -1.96. The molecule has 0 bridgehead atoms. The Kier molecular flexibility index (Phi) is 2.06. The molecule has 1 N–H and O–H groups in total. The van der Waals surface area contributed by atoms with Gasteiger partial charge < -0.3 is 15.0 Å². The fraction of sp³-hybridized carbons (Fsp3) is 0.143. The maximum atomic E-state index is 10.1. The third kappa shape index (κ3) is 2.25. The third-order valence-electron chi connectivity index (χ3n) is 1.15. The molecule has 4 nitrogen and oxygen atoms in total. The lowest BCUT2D eigenvalue weighted by atomic mass is 10.4. The van der Waals surface area contributed by atoms with E-state index in [1.807, 2.05) is 0 Å². The molecule has 0 aliphatic heterocycles. The van der Waals surface area contributed by atoms with E-state index in [2.05, 4.69) is 0 Å². The zero-order chi connectivity index (χ0) is 8.27. The molecule has 0 aromatic carbocycles. The van der Waals surface area contributed by atoms with Crippen molar-refractivity contribution in [1.29, 1.82) is 0 Å². The Morgan fingerprint density at radius 2 is 2.45 bits per heavy atom. The lowest BCUT2D eigenvalue weighted by Crippen LogP contribution is -2.43. The van der Waals surface area contributed by atoms with Gasteiger partial charge in [0.1, 0.15) is 5.97 Å². The van der Waals surface area contributed by atoms with Gasteiger partial charge in [-0.05, 0) is 6.07 Å². The zero-order valence-corrected chi connectivity index (χ0v) is 5.73. The van der Waals surface area contributed by atoms with Gasteiger partial charge >= 0.3 is 0 Å². The molecule has 4 heteroatoms. The highest BCUT2D eigenvalue weighted by atomic mass is 16.4. The number of pyridine rings is 1. The van der Waals surface area contributed by atoms with Gasteiger partial charge in [0, 0.05) is 6.07 Å². The van der Waals surface area contributed by atoms with E-state index in [1.165, 1.54) is 23.0 Å².